The predicted molar refractivity (Wildman–Crippen MR) is 48.7 cm³/mol. The van der Waals surface area contributed by atoms with Crippen LogP contribution in [0.25, 0.3) is 0 Å². The number of rotatable bonds is 1. The third kappa shape index (κ3) is 1.16. The SMILES string of the molecule is CC(C)C1=CC2(COC2)NC=C1. The first-order valence-corrected chi connectivity index (χ1v) is 4.47. The van der Waals surface area contributed by atoms with E-state index < -0.39 is 0 Å². The van der Waals surface area contributed by atoms with Crippen LogP contribution in [0.15, 0.2) is 23.9 Å². The maximum absolute atomic E-state index is 5.20. The van der Waals surface area contributed by atoms with E-state index in [2.05, 4.69) is 31.3 Å². The van der Waals surface area contributed by atoms with Crippen molar-refractivity contribution in [3.8, 4) is 0 Å². The molecule has 2 nitrogen and oxygen atoms in total. The van der Waals surface area contributed by atoms with Gasteiger partial charge in [0.2, 0.25) is 0 Å². The molecule has 1 saturated heterocycles. The third-order valence-corrected chi connectivity index (χ3v) is 2.48. The second-order valence-electron chi connectivity index (χ2n) is 3.93. The summed E-state index contributed by atoms with van der Waals surface area (Å²) in [5.41, 5.74) is 1.55. The molecule has 0 bridgehead atoms. The molecule has 0 radical (unpaired) electrons. The van der Waals surface area contributed by atoms with E-state index in [9.17, 15) is 0 Å². The summed E-state index contributed by atoms with van der Waals surface area (Å²) < 4.78 is 5.20. The van der Waals surface area contributed by atoms with Gasteiger partial charge in [0.1, 0.15) is 5.54 Å². The van der Waals surface area contributed by atoms with E-state index in [-0.39, 0.29) is 5.54 Å². The molecular formula is C10H15NO. The predicted octanol–water partition coefficient (Wildman–Crippen LogP) is 1.45. The van der Waals surface area contributed by atoms with Crippen molar-refractivity contribution in [3.05, 3.63) is 23.9 Å². The van der Waals surface area contributed by atoms with Crippen LogP contribution in [0.1, 0.15) is 13.8 Å². The minimum Gasteiger partial charge on any atom is -0.378 e. The zero-order chi connectivity index (χ0) is 8.60. The topological polar surface area (TPSA) is 21.3 Å². The number of ether oxygens (including phenoxy) is 1. The van der Waals surface area contributed by atoms with Gasteiger partial charge in [0.15, 0.2) is 0 Å². The van der Waals surface area contributed by atoms with Crippen LogP contribution in [0.5, 0.6) is 0 Å². The molecule has 2 aliphatic rings. The normalized spacial score (nSPS) is 25.1. The van der Waals surface area contributed by atoms with Crippen LogP contribution < -0.4 is 5.32 Å². The highest BCUT2D eigenvalue weighted by molar-refractivity contribution is 5.32. The Hall–Kier alpha value is -0.760. The van der Waals surface area contributed by atoms with Gasteiger partial charge in [-0.3, -0.25) is 0 Å². The zero-order valence-electron chi connectivity index (χ0n) is 7.63. The molecule has 2 heterocycles. The summed E-state index contributed by atoms with van der Waals surface area (Å²) in [5, 5.41) is 3.33. The highest BCUT2D eigenvalue weighted by Gasteiger charge is 2.37. The molecular weight excluding hydrogens is 150 g/mol. The molecule has 0 atom stereocenters. The van der Waals surface area contributed by atoms with Gasteiger partial charge in [0.25, 0.3) is 0 Å². The van der Waals surface area contributed by atoms with Crippen molar-refractivity contribution >= 4 is 0 Å². The third-order valence-electron chi connectivity index (χ3n) is 2.48. The van der Waals surface area contributed by atoms with Crippen molar-refractivity contribution in [2.75, 3.05) is 13.2 Å². The smallest absolute Gasteiger partial charge is 0.103 e. The Morgan fingerprint density at radius 3 is 2.75 bits per heavy atom. The Labute approximate surface area is 73.3 Å². The molecule has 0 aromatic carbocycles. The molecule has 0 saturated carbocycles. The van der Waals surface area contributed by atoms with Gasteiger partial charge in [-0.25, -0.2) is 0 Å². The van der Waals surface area contributed by atoms with Gasteiger partial charge in [-0.1, -0.05) is 19.9 Å². The molecule has 1 fully saturated rings. The van der Waals surface area contributed by atoms with E-state index in [1.807, 2.05) is 6.20 Å². The number of allylic oxidation sites excluding steroid dienone is 2. The van der Waals surface area contributed by atoms with Gasteiger partial charge in [-0.15, -0.1) is 0 Å². The fourth-order valence-corrected chi connectivity index (χ4v) is 1.56. The van der Waals surface area contributed by atoms with E-state index >= 15 is 0 Å². The first-order valence-electron chi connectivity index (χ1n) is 4.47. The first-order chi connectivity index (χ1) is 5.72. The van der Waals surface area contributed by atoms with E-state index in [4.69, 9.17) is 4.74 Å². The quantitative estimate of drug-likeness (QED) is 0.635. The number of nitrogens with one attached hydrogen (secondary N) is 1. The molecule has 0 unspecified atom stereocenters. The largest absolute Gasteiger partial charge is 0.378 e. The van der Waals surface area contributed by atoms with Crippen LogP contribution in [0.3, 0.4) is 0 Å². The Bertz CT molecular complexity index is 236. The van der Waals surface area contributed by atoms with Crippen molar-refractivity contribution in [1.82, 2.24) is 5.32 Å². The Kier molecular flexibility index (Phi) is 1.72. The monoisotopic (exact) mass is 165 g/mol. The fourth-order valence-electron chi connectivity index (χ4n) is 1.56. The van der Waals surface area contributed by atoms with Gasteiger partial charge >= 0.3 is 0 Å². The lowest BCUT2D eigenvalue weighted by Crippen LogP contribution is -2.58. The molecule has 2 rings (SSSR count). The van der Waals surface area contributed by atoms with Gasteiger partial charge in [-0.05, 0) is 23.8 Å². The van der Waals surface area contributed by atoms with Gasteiger partial charge in [0.05, 0.1) is 13.2 Å². The summed E-state index contributed by atoms with van der Waals surface area (Å²) in [5.74, 6) is 0.612. The zero-order valence-corrected chi connectivity index (χ0v) is 7.63. The highest BCUT2D eigenvalue weighted by atomic mass is 16.5. The van der Waals surface area contributed by atoms with Crippen molar-refractivity contribution in [3.63, 3.8) is 0 Å². The average Bonchev–Trinajstić information content (AvgIpc) is 2.02. The molecule has 1 N–H and O–H groups in total. The molecule has 66 valence electrons. The molecule has 2 aliphatic heterocycles. The number of hydrogen-bond donors (Lipinski definition) is 1. The summed E-state index contributed by atoms with van der Waals surface area (Å²) in [4.78, 5) is 0. The van der Waals surface area contributed by atoms with Crippen LogP contribution >= 0.6 is 0 Å². The lowest BCUT2D eigenvalue weighted by molar-refractivity contribution is -0.0425. The van der Waals surface area contributed by atoms with Gasteiger partial charge < -0.3 is 10.1 Å². The Balaban J connectivity index is 2.18. The Morgan fingerprint density at radius 1 is 1.50 bits per heavy atom. The maximum Gasteiger partial charge on any atom is 0.103 e. The minimum absolute atomic E-state index is 0.133. The van der Waals surface area contributed by atoms with Gasteiger partial charge in [-0.2, -0.15) is 0 Å². The standard InChI is InChI=1S/C10H15NO/c1-8(2)9-3-4-11-10(5-9)6-12-7-10/h3-5,8,11H,6-7H2,1-2H3. The summed E-state index contributed by atoms with van der Waals surface area (Å²) in [6, 6.07) is 0. The number of hydrogen-bond acceptors (Lipinski definition) is 2. The van der Waals surface area contributed by atoms with Crippen LogP contribution in [-0.2, 0) is 4.74 Å². The van der Waals surface area contributed by atoms with Crippen molar-refractivity contribution in [2.24, 2.45) is 5.92 Å². The maximum atomic E-state index is 5.20. The second-order valence-corrected chi connectivity index (χ2v) is 3.93. The van der Waals surface area contributed by atoms with Gasteiger partial charge in [0, 0.05) is 0 Å². The van der Waals surface area contributed by atoms with E-state index in [0.29, 0.717) is 5.92 Å². The van der Waals surface area contributed by atoms with E-state index in [1.54, 1.807) is 0 Å². The summed E-state index contributed by atoms with van der Waals surface area (Å²) in [6.07, 6.45) is 6.49. The minimum atomic E-state index is 0.133. The van der Waals surface area contributed by atoms with E-state index in [0.717, 1.165) is 13.2 Å². The highest BCUT2D eigenvalue weighted by Crippen LogP contribution is 2.26. The molecule has 0 aromatic heterocycles. The lowest BCUT2D eigenvalue weighted by Gasteiger charge is -2.41. The Morgan fingerprint density at radius 2 is 2.25 bits per heavy atom. The average molecular weight is 165 g/mol. The summed E-state index contributed by atoms with van der Waals surface area (Å²) in [6.45, 7) is 6.06. The molecule has 0 aliphatic carbocycles. The fraction of sp³-hybridized carbons (Fsp3) is 0.600. The second kappa shape index (κ2) is 2.63. The summed E-state index contributed by atoms with van der Waals surface area (Å²) >= 11 is 0. The van der Waals surface area contributed by atoms with Crippen LogP contribution in [-0.4, -0.2) is 18.8 Å². The van der Waals surface area contributed by atoms with E-state index in [1.165, 1.54) is 5.57 Å². The van der Waals surface area contributed by atoms with Crippen molar-refractivity contribution < 1.29 is 4.74 Å². The van der Waals surface area contributed by atoms with Crippen LogP contribution in [0, 0.1) is 5.92 Å². The number of dihydropyridines is 1. The molecule has 12 heavy (non-hydrogen) atoms. The lowest BCUT2D eigenvalue weighted by atomic mass is 9.88. The van der Waals surface area contributed by atoms with Crippen LogP contribution in [0.4, 0.5) is 0 Å². The summed E-state index contributed by atoms with van der Waals surface area (Å²) in [7, 11) is 0. The molecule has 0 amide bonds. The van der Waals surface area contributed by atoms with Crippen molar-refractivity contribution in [2.45, 2.75) is 19.4 Å². The van der Waals surface area contributed by atoms with Crippen molar-refractivity contribution in [1.29, 1.82) is 0 Å². The molecule has 0 aromatic rings. The molecule has 2 heteroatoms. The first kappa shape index (κ1) is 7.87. The van der Waals surface area contributed by atoms with Crippen LogP contribution in [0.2, 0.25) is 0 Å². The molecule has 1 spiro atoms.